The van der Waals surface area contributed by atoms with Crippen molar-refractivity contribution >= 4 is 17.4 Å². The van der Waals surface area contributed by atoms with Gasteiger partial charge in [-0.2, -0.15) is 18.4 Å². The van der Waals surface area contributed by atoms with E-state index in [1.807, 2.05) is 18.2 Å². The van der Waals surface area contributed by atoms with Gasteiger partial charge in [0.05, 0.1) is 23.7 Å². The average Bonchev–Trinajstić information content (AvgIpc) is 3.24. The van der Waals surface area contributed by atoms with Crippen LogP contribution in [0, 0.1) is 11.3 Å². The Morgan fingerprint density at radius 3 is 2.61 bits per heavy atom. The predicted molar refractivity (Wildman–Crippen MR) is 122 cm³/mol. The molecule has 1 aromatic heterocycles. The molecule has 0 saturated heterocycles. The largest absolute Gasteiger partial charge is 0.416 e. The summed E-state index contributed by atoms with van der Waals surface area (Å²) in [6.45, 7) is 0.287. The minimum Gasteiger partial charge on any atom is -0.378 e. The van der Waals surface area contributed by atoms with Gasteiger partial charge in [-0.3, -0.25) is 0 Å². The summed E-state index contributed by atoms with van der Waals surface area (Å²) in [7, 11) is 0. The second-order valence-electron chi connectivity index (χ2n) is 8.09. The Kier molecular flexibility index (Phi) is 7.23. The normalized spacial score (nSPS) is 14.7. The Bertz CT molecular complexity index is 1130. The number of aromatic nitrogens is 3. The zero-order valence-electron chi connectivity index (χ0n) is 18.0. The molecular formula is C24H24F3N5S. The molecule has 9 heteroatoms. The van der Waals surface area contributed by atoms with Crippen LogP contribution >= 0.6 is 11.8 Å². The van der Waals surface area contributed by atoms with Crippen molar-refractivity contribution in [2.24, 2.45) is 0 Å². The van der Waals surface area contributed by atoms with Crippen LogP contribution in [0.3, 0.4) is 0 Å². The van der Waals surface area contributed by atoms with Gasteiger partial charge in [-0.15, -0.1) is 10.2 Å². The first-order chi connectivity index (χ1) is 15.9. The molecular weight excluding hydrogens is 447 g/mol. The maximum atomic E-state index is 13.0. The number of nitrogens with one attached hydrogen (secondary N) is 1. The Morgan fingerprint density at radius 2 is 1.85 bits per heavy atom. The Morgan fingerprint density at radius 1 is 1.06 bits per heavy atom. The molecule has 1 saturated carbocycles. The van der Waals surface area contributed by atoms with Crippen molar-refractivity contribution in [1.82, 2.24) is 14.8 Å². The van der Waals surface area contributed by atoms with Gasteiger partial charge in [0.1, 0.15) is 0 Å². The number of hydrogen-bond acceptors (Lipinski definition) is 5. The van der Waals surface area contributed by atoms with E-state index >= 15 is 0 Å². The molecule has 5 nitrogen and oxygen atoms in total. The van der Waals surface area contributed by atoms with Gasteiger partial charge < -0.3 is 9.88 Å². The summed E-state index contributed by atoms with van der Waals surface area (Å²) >= 11 is 1.56. The van der Waals surface area contributed by atoms with Gasteiger partial charge in [0.25, 0.3) is 0 Å². The molecule has 0 amide bonds. The van der Waals surface area contributed by atoms with E-state index in [2.05, 4.69) is 26.2 Å². The molecule has 1 heterocycles. The molecule has 172 valence electrons. The van der Waals surface area contributed by atoms with Gasteiger partial charge in [-0.05, 0) is 48.7 Å². The minimum atomic E-state index is -4.38. The van der Waals surface area contributed by atoms with Gasteiger partial charge >= 0.3 is 6.18 Å². The second-order valence-corrected chi connectivity index (χ2v) is 9.04. The lowest BCUT2D eigenvalue weighted by molar-refractivity contribution is -0.137. The molecule has 0 bridgehead atoms. The van der Waals surface area contributed by atoms with Crippen LogP contribution in [0.2, 0.25) is 0 Å². The van der Waals surface area contributed by atoms with E-state index in [1.165, 1.54) is 12.5 Å². The zero-order chi connectivity index (χ0) is 23.3. The van der Waals surface area contributed by atoms with Crippen molar-refractivity contribution < 1.29 is 13.2 Å². The van der Waals surface area contributed by atoms with E-state index in [0.717, 1.165) is 48.5 Å². The smallest absolute Gasteiger partial charge is 0.378 e. The fourth-order valence-corrected chi connectivity index (χ4v) is 5.06. The lowest BCUT2D eigenvalue weighted by atomic mass is 9.95. The minimum absolute atomic E-state index is 0.278. The highest BCUT2D eigenvalue weighted by molar-refractivity contribution is 7.98. The molecule has 0 unspecified atom stereocenters. The zero-order valence-corrected chi connectivity index (χ0v) is 18.8. The van der Waals surface area contributed by atoms with Crippen LogP contribution < -0.4 is 5.32 Å². The molecule has 0 aliphatic heterocycles. The Hall–Kier alpha value is -2.99. The van der Waals surface area contributed by atoms with Crippen LogP contribution in [0.15, 0.2) is 53.7 Å². The van der Waals surface area contributed by atoms with Crippen LogP contribution in [0.4, 0.5) is 18.9 Å². The van der Waals surface area contributed by atoms with Crippen LogP contribution in [-0.2, 0) is 18.5 Å². The van der Waals surface area contributed by atoms with E-state index in [0.29, 0.717) is 22.8 Å². The molecule has 1 N–H and O–H groups in total. The summed E-state index contributed by atoms with van der Waals surface area (Å²) < 4.78 is 41.3. The second kappa shape index (κ2) is 10.3. The number of anilines is 1. The average molecular weight is 472 g/mol. The molecule has 0 atom stereocenters. The Balaban J connectivity index is 1.52. The fourth-order valence-electron chi connectivity index (χ4n) is 4.10. The summed E-state index contributed by atoms with van der Waals surface area (Å²) in [6, 6.07) is 15.1. The molecule has 1 aliphatic carbocycles. The fraction of sp³-hybridized carbons (Fsp3) is 0.375. The quantitative estimate of drug-likeness (QED) is 0.394. The van der Waals surface area contributed by atoms with Crippen molar-refractivity contribution in [2.45, 2.75) is 61.8 Å². The third-order valence-corrected chi connectivity index (χ3v) is 6.75. The van der Waals surface area contributed by atoms with Crippen molar-refractivity contribution in [1.29, 1.82) is 5.26 Å². The third-order valence-electron chi connectivity index (χ3n) is 5.74. The first-order valence-corrected chi connectivity index (χ1v) is 11.9. The van der Waals surface area contributed by atoms with Crippen molar-refractivity contribution in [3.63, 3.8) is 0 Å². The molecule has 0 radical (unpaired) electrons. The molecule has 3 aromatic rings. The Labute approximate surface area is 195 Å². The van der Waals surface area contributed by atoms with Gasteiger partial charge in [-0.25, -0.2) is 0 Å². The topological polar surface area (TPSA) is 66.5 Å². The predicted octanol–water partition coefficient (Wildman–Crippen LogP) is 6.58. The van der Waals surface area contributed by atoms with E-state index in [4.69, 9.17) is 5.26 Å². The molecule has 33 heavy (non-hydrogen) atoms. The van der Waals surface area contributed by atoms with E-state index in [-0.39, 0.29) is 12.6 Å². The number of thioether (sulfide) groups is 1. The highest BCUT2D eigenvalue weighted by Gasteiger charge is 2.30. The van der Waals surface area contributed by atoms with Gasteiger partial charge in [0.15, 0.2) is 11.0 Å². The maximum Gasteiger partial charge on any atom is 0.416 e. The van der Waals surface area contributed by atoms with Crippen LogP contribution in [0.5, 0.6) is 0 Å². The highest BCUT2D eigenvalue weighted by Crippen LogP contribution is 2.34. The summed E-state index contributed by atoms with van der Waals surface area (Å²) in [5.41, 5.74) is 1.36. The van der Waals surface area contributed by atoms with E-state index in [9.17, 15) is 13.2 Å². The van der Waals surface area contributed by atoms with Crippen molar-refractivity contribution in [3.8, 4) is 6.07 Å². The molecule has 4 rings (SSSR count). The maximum absolute atomic E-state index is 13.0. The number of nitrogens with zero attached hydrogens (tertiary/aromatic N) is 4. The van der Waals surface area contributed by atoms with Crippen LogP contribution in [0.25, 0.3) is 0 Å². The number of nitriles is 1. The monoisotopic (exact) mass is 471 g/mol. The lowest BCUT2D eigenvalue weighted by Crippen LogP contribution is -2.18. The van der Waals surface area contributed by atoms with Gasteiger partial charge in [0, 0.05) is 17.5 Å². The van der Waals surface area contributed by atoms with Gasteiger partial charge in [-0.1, -0.05) is 49.2 Å². The molecule has 1 aliphatic rings. The molecule has 1 fully saturated rings. The van der Waals surface area contributed by atoms with Crippen LogP contribution in [0.1, 0.15) is 60.7 Å². The van der Waals surface area contributed by atoms with Crippen molar-refractivity contribution in [2.75, 3.05) is 5.32 Å². The lowest BCUT2D eigenvalue weighted by Gasteiger charge is -2.25. The number of halogens is 3. The van der Waals surface area contributed by atoms with E-state index < -0.39 is 11.7 Å². The number of alkyl halides is 3. The van der Waals surface area contributed by atoms with Gasteiger partial charge in [0.2, 0.25) is 0 Å². The molecule has 2 aromatic carbocycles. The number of rotatable bonds is 7. The molecule has 0 spiro atoms. The SMILES string of the molecule is N#Cc1cccc(CSc2nnc(CNc3cccc(C(F)(F)F)c3)n2C2CCCCC2)c1. The van der Waals surface area contributed by atoms with Crippen molar-refractivity contribution in [3.05, 3.63) is 71.0 Å². The summed E-state index contributed by atoms with van der Waals surface area (Å²) in [4.78, 5) is 0. The first kappa shape index (κ1) is 23.2. The first-order valence-electron chi connectivity index (χ1n) is 10.9. The standard InChI is InChI=1S/C24H24F3N5S/c25-24(26,27)19-8-5-9-20(13-19)29-15-22-30-31-23(32(22)21-10-2-1-3-11-21)33-16-18-7-4-6-17(12-18)14-28/h4-9,12-13,21,29H,1-3,10-11,15-16H2. The number of hydrogen-bond donors (Lipinski definition) is 1. The van der Waals surface area contributed by atoms with Crippen LogP contribution in [-0.4, -0.2) is 14.8 Å². The summed E-state index contributed by atoms with van der Waals surface area (Å²) in [5.74, 6) is 1.37. The summed E-state index contributed by atoms with van der Waals surface area (Å²) in [5, 5.41) is 21.8. The third kappa shape index (κ3) is 5.88. The van der Waals surface area contributed by atoms with E-state index in [1.54, 1.807) is 23.9 Å². The number of benzene rings is 2. The highest BCUT2D eigenvalue weighted by atomic mass is 32.2. The summed E-state index contributed by atoms with van der Waals surface area (Å²) in [6.07, 6.45) is 1.17.